The number of hydrogen-bond acceptors (Lipinski definition) is 8. The normalized spacial score (nSPS) is 20.8. The molecular formula is C22H25N5O4S. The zero-order valence-electron chi connectivity index (χ0n) is 17.8. The molecule has 4 rings (SSSR count). The molecule has 2 aromatic carbocycles. The molecule has 32 heavy (non-hydrogen) atoms. The van der Waals surface area contributed by atoms with Crippen LogP contribution < -0.4 is 5.32 Å². The van der Waals surface area contributed by atoms with Crippen LogP contribution in [0.25, 0.3) is 0 Å². The van der Waals surface area contributed by atoms with E-state index >= 15 is 0 Å². The van der Waals surface area contributed by atoms with E-state index in [0.717, 1.165) is 27.5 Å². The summed E-state index contributed by atoms with van der Waals surface area (Å²) in [5.41, 5.74) is 3.47. The number of tetrazole rings is 1. The first-order valence-corrected chi connectivity index (χ1v) is 11.2. The Morgan fingerprint density at radius 2 is 1.88 bits per heavy atom. The van der Waals surface area contributed by atoms with E-state index in [1.165, 1.54) is 18.7 Å². The molecule has 1 amide bonds. The number of ether oxygens (including phenoxy) is 2. The molecular weight excluding hydrogens is 430 g/mol. The van der Waals surface area contributed by atoms with Crippen LogP contribution in [0, 0.1) is 0 Å². The van der Waals surface area contributed by atoms with Crippen molar-refractivity contribution in [3.05, 3.63) is 65.2 Å². The van der Waals surface area contributed by atoms with Crippen molar-refractivity contribution < 1.29 is 19.4 Å². The predicted molar refractivity (Wildman–Crippen MR) is 119 cm³/mol. The first kappa shape index (κ1) is 22.4. The quantitative estimate of drug-likeness (QED) is 0.523. The molecule has 3 unspecified atom stereocenters. The van der Waals surface area contributed by atoms with Crippen molar-refractivity contribution in [3.63, 3.8) is 0 Å². The summed E-state index contributed by atoms with van der Waals surface area (Å²) in [5.74, 6) is 0.549. The number of carbonyl (C=O) groups is 1. The van der Waals surface area contributed by atoms with Gasteiger partial charge in [0.1, 0.15) is 0 Å². The van der Waals surface area contributed by atoms with E-state index in [-0.39, 0.29) is 24.7 Å². The lowest BCUT2D eigenvalue weighted by Gasteiger charge is -2.36. The van der Waals surface area contributed by atoms with Crippen molar-refractivity contribution in [2.45, 2.75) is 43.6 Å². The van der Waals surface area contributed by atoms with Gasteiger partial charge in [0.2, 0.25) is 11.1 Å². The van der Waals surface area contributed by atoms with E-state index in [2.05, 4.69) is 20.8 Å². The number of hydrogen-bond donors (Lipinski definition) is 2. The molecule has 168 valence electrons. The van der Waals surface area contributed by atoms with Gasteiger partial charge in [-0.1, -0.05) is 48.2 Å². The van der Waals surface area contributed by atoms with Gasteiger partial charge in [0.25, 0.3) is 0 Å². The third-order valence-corrected chi connectivity index (χ3v) is 6.24. The van der Waals surface area contributed by atoms with Gasteiger partial charge >= 0.3 is 0 Å². The molecule has 10 heteroatoms. The number of nitrogens with zero attached hydrogens (tertiary/aromatic N) is 4. The van der Waals surface area contributed by atoms with Crippen LogP contribution in [0.3, 0.4) is 0 Å². The van der Waals surface area contributed by atoms with Crippen molar-refractivity contribution in [1.82, 2.24) is 20.2 Å². The molecule has 0 spiro atoms. The van der Waals surface area contributed by atoms with Crippen LogP contribution in [-0.4, -0.2) is 43.1 Å². The molecule has 0 aliphatic carbocycles. The first-order chi connectivity index (χ1) is 15.5. The summed E-state index contributed by atoms with van der Waals surface area (Å²) in [6.07, 6.45) is -0.134. The average Bonchev–Trinajstić information content (AvgIpc) is 3.22. The summed E-state index contributed by atoms with van der Waals surface area (Å²) in [5, 5.41) is 24.4. The van der Waals surface area contributed by atoms with Gasteiger partial charge in [-0.2, -0.15) is 0 Å². The fourth-order valence-corrected chi connectivity index (χ4v) is 4.33. The van der Waals surface area contributed by atoms with Crippen molar-refractivity contribution in [3.8, 4) is 0 Å². The molecule has 9 nitrogen and oxygen atoms in total. The number of aryl methyl sites for hydroxylation is 1. The smallest absolute Gasteiger partial charge is 0.221 e. The molecule has 2 heterocycles. The molecule has 1 aliphatic rings. The Balaban J connectivity index is 1.52. The van der Waals surface area contributed by atoms with E-state index in [9.17, 15) is 9.90 Å². The number of anilines is 1. The second kappa shape index (κ2) is 10.2. The van der Waals surface area contributed by atoms with Gasteiger partial charge < -0.3 is 19.9 Å². The number of benzene rings is 2. The Morgan fingerprint density at radius 3 is 2.50 bits per heavy atom. The van der Waals surface area contributed by atoms with Gasteiger partial charge in [0.05, 0.1) is 18.8 Å². The van der Waals surface area contributed by atoms with E-state index in [4.69, 9.17) is 9.47 Å². The fourth-order valence-electron chi connectivity index (χ4n) is 3.46. The standard InChI is InChI=1S/C22H25N5O4S/c1-14(29)23-18-9-7-17(8-10-18)21-30-19(13-32-22-24-25-26-27(22)2)11-20(31-21)16-5-3-15(12-28)4-6-16/h3-10,19-21,28H,11-13H2,1-2H3,(H,23,29). The summed E-state index contributed by atoms with van der Waals surface area (Å²) in [6, 6.07) is 15.2. The van der Waals surface area contributed by atoms with Gasteiger partial charge in [0.15, 0.2) is 6.29 Å². The van der Waals surface area contributed by atoms with Crippen molar-refractivity contribution >= 4 is 23.4 Å². The third-order valence-electron chi connectivity index (χ3n) is 5.10. The summed E-state index contributed by atoms with van der Waals surface area (Å²) in [7, 11) is 1.80. The minimum Gasteiger partial charge on any atom is -0.392 e. The Hall–Kier alpha value is -2.79. The topological polar surface area (TPSA) is 111 Å². The van der Waals surface area contributed by atoms with E-state index in [0.29, 0.717) is 12.2 Å². The first-order valence-electron chi connectivity index (χ1n) is 10.2. The molecule has 0 radical (unpaired) electrons. The summed E-state index contributed by atoms with van der Waals surface area (Å²) in [4.78, 5) is 11.3. The van der Waals surface area contributed by atoms with E-state index in [1.54, 1.807) is 11.7 Å². The number of rotatable bonds is 7. The van der Waals surface area contributed by atoms with Crippen LogP contribution in [0.5, 0.6) is 0 Å². The van der Waals surface area contributed by atoms with Crippen molar-refractivity contribution in [2.75, 3.05) is 11.1 Å². The monoisotopic (exact) mass is 455 g/mol. The molecule has 1 saturated heterocycles. The van der Waals surface area contributed by atoms with Gasteiger partial charge in [-0.3, -0.25) is 4.79 Å². The highest BCUT2D eigenvalue weighted by atomic mass is 32.2. The SMILES string of the molecule is CC(=O)Nc1ccc(C2OC(CSc3nnnn3C)CC(c3ccc(CO)cc3)O2)cc1. The van der Waals surface area contributed by atoms with E-state index in [1.807, 2.05) is 48.5 Å². The lowest BCUT2D eigenvalue weighted by molar-refractivity contribution is -0.245. The van der Waals surface area contributed by atoms with Crippen LogP contribution in [-0.2, 0) is 27.9 Å². The Morgan fingerprint density at radius 1 is 1.16 bits per heavy atom. The molecule has 0 saturated carbocycles. The maximum atomic E-state index is 11.3. The van der Waals surface area contributed by atoms with Crippen LogP contribution in [0.1, 0.15) is 42.4 Å². The number of carbonyl (C=O) groups excluding carboxylic acids is 1. The second-order valence-electron chi connectivity index (χ2n) is 7.55. The zero-order valence-corrected chi connectivity index (χ0v) is 18.7. The van der Waals surface area contributed by atoms with Crippen LogP contribution >= 0.6 is 11.8 Å². The molecule has 2 N–H and O–H groups in total. The highest BCUT2D eigenvalue weighted by Crippen LogP contribution is 2.39. The largest absolute Gasteiger partial charge is 0.392 e. The second-order valence-corrected chi connectivity index (χ2v) is 8.54. The highest BCUT2D eigenvalue weighted by molar-refractivity contribution is 7.99. The Bertz CT molecular complexity index is 1040. The summed E-state index contributed by atoms with van der Waals surface area (Å²) < 4.78 is 14.2. The van der Waals surface area contributed by atoms with Crippen molar-refractivity contribution in [1.29, 1.82) is 0 Å². The van der Waals surface area contributed by atoms with Crippen LogP contribution in [0.15, 0.2) is 53.7 Å². The Kier molecular flexibility index (Phi) is 7.15. The molecule has 1 fully saturated rings. The molecule has 0 bridgehead atoms. The van der Waals surface area contributed by atoms with Crippen molar-refractivity contribution in [2.24, 2.45) is 7.05 Å². The number of aromatic nitrogens is 4. The average molecular weight is 456 g/mol. The molecule has 3 aromatic rings. The predicted octanol–water partition coefficient (Wildman–Crippen LogP) is 3.00. The summed E-state index contributed by atoms with van der Waals surface area (Å²) >= 11 is 1.54. The number of thioether (sulfide) groups is 1. The maximum Gasteiger partial charge on any atom is 0.221 e. The number of aliphatic hydroxyl groups excluding tert-OH is 1. The van der Waals surface area contributed by atoms with Gasteiger partial charge in [-0.05, 0) is 33.7 Å². The third kappa shape index (κ3) is 5.52. The zero-order chi connectivity index (χ0) is 22.5. The Labute approximate surface area is 190 Å². The number of amides is 1. The van der Waals surface area contributed by atoms with E-state index < -0.39 is 6.29 Å². The van der Waals surface area contributed by atoms with Crippen LogP contribution in [0.4, 0.5) is 5.69 Å². The highest BCUT2D eigenvalue weighted by Gasteiger charge is 2.32. The summed E-state index contributed by atoms with van der Waals surface area (Å²) in [6.45, 7) is 1.48. The van der Waals surface area contributed by atoms with Gasteiger partial charge in [-0.25, -0.2) is 4.68 Å². The van der Waals surface area contributed by atoms with Gasteiger partial charge in [0, 0.05) is 37.4 Å². The van der Waals surface area contributed by atoms with Crippen LogP contribution in [0.2, 0.25) is 0 Å². The minimum absolute atomic E-state index is 0.00316. The fraction of sp³-hybridized carbons (Fsp3) is 0.364. The number of nitrogens with one attached hydrogen (secondary N) is 1. The molecule has 1 aliphatic heterocycles. The molecule has 3 atom stereocenters. The lowest BCUT2D eigenvalue weighted by Crippen LogP contribution is -2.31. The number of aliphatic hydroxyl groups is 1. The van der Waals surface area contributed by atoms with Gasteiger partial charge in [-0.15, -0.1) is 5.10 Å². The lowest BCUT2D eigenvalue weighted by atomic mass is 10.0. The molecule has 1 aromatic heterocycles. The maximum absolute atomic E-state index is 11.3. The minimum atomic E-state index is -0.555.